The first kappa shape index (κ1) is 23.9. The van der Waals surface area contributed by atoms with Gasteiger partial charge in [0.1, 0.15) is 18.8 Å². The van der Waals surface area contributed by atoms with Gasteiger partial charge in [0.05, 0.1) is 23.7 Å². The van der Waals surface area contributed by atoms with Crippen LogP contribution in [0.15, 0.2) is 82.6 Å². The Labute approximate surface area is 211 Å². The van der Waals surface area contributed by atoms with Gasteiger partial charge in [0.25, 0.3) is 5.56 Å². The number of imidazole rings is 1. The van der Waals surface area contributed by atoms with Crippen LogP contribution >= 0.6 is 0 Å². The number of pyridine rings is 1. The van der Waals surface area contributed by atoms with Crippen molar-refractivity contribution in [3.63, 3.8) is 0 Å². The van der Waals surface area contributed by atoms with Gasteiger partial charge in [-0.2, -0.15) is 0 Å². The van der Waals surface area contributed by atoms with Crippen molar-refractivity contribution in [1.29, 1.82) is 0 Å². The van der Waals surface area contributed by atoms with Crippen molar-refractivity contribution in [3.05, 3.63) is 99.6 Å². The highest BCUT2D eigenvalue weighted by Crippen LogP contribution is 2.31. The number of benzene rings is 2. The molecule has 5 rings (SSSR count). The van der Waals surface area contributed by atoms with Crippen LogP contribution in [0.5, 0.6) is 11.5 Å². The minimum atomic E-state index is -0.535. The number of carbonyl (C=O) groups excluding carboxylic acids is 1. The molecule has 1 N–H and O–H groups in total. The SMILES string of the molecule is CCn1c(=O)c2ccccc2n(CC(=O)Nc2ccc(OC)c(OCc3cn4ccccc4n3)c2)c1=O. The Hall–Kier alpha value is -4.86. The van der Waals surface area contributed by atoms with E-state index >= 15 is 0 Å². The standard InChI is InChI=1S/C27H25N5O5/c1-3-31-26(34)20-8-4-5-9-21(20)32(27(31)35)16-25(33)29-18-11-12-22(36-2)23(14-18)37-17-19-15-30-13-7-6-10-24(30)28-19/h4-15H,3,16-17H2,1-2H3,(H,29,33). The fraction of sp³-hybridized carbons (Fsp3) is 0.185. The molecule has 1 amide bonds. The predicted molar refractivity (Wildman–Crippen MR) is 139 cm³/mol. The average Bonchev–Trinajstić information content (AvgIpc) is 3.33. The number of para-hydroxylation sites is 1. The highest BCUT2D eigenvalue weighted by molar-refractivity contribution is 5.92. The number of methoxy groups -OCH3 is 1. The number of rotatable bonds is 8. The largest absolute Gasteiger partial charge is 0.493 e. The van der Waals surface area contributed by atoms with Gasteiger partial charge in [0.2, 0.25) is 5.91 Å². The van der Waals surface area contributed by atoms with Crippen molar-refractivity contribution < 1.29 is 14.3 Å². The molecule has 3 aromatic heterocycles. The van der Waals surface area contributed by atoms with Crippen molar-refractivity contribution in [2.24, 2.45) is 0 Å². The topological polar surface area (TPSA) is 109 Å². The summed E-state index contributed by atoms with van der Waals surface area (Å²) in [5.41, 5.74) is 1.52. The summed E-state index contributed by atoms with van der Waals surface area (Å²) in [6.45, 7) is 1.86. The highest BCUT2D eigenvalue weighted by Gasteiger charge is 2.15. The van der Waals surface area contributed by atoms with Crippen molar-refractivity contribution in [2.45, 2.75) is 26.6 Å². The molecule has 0 radical (unpaired) electrons. The Morgan fingerprint density at radius 1 is 1.00 bits per heavy atom. The zero-order valence-electron chi connectivity index (χ0n) is 20.4. The lowest BCUT2D eigenvalue weighted by Crippen LogP contribution is -2.41. The van der Waals surface area contributed by atoms with Crippen LogP contribution in [0, 0.1) is 0 Å². The van der Waals surface area contributed by atoms with Gasteiger partial charge in [-0.1, -0.05) is 18.2 Å². The summed E-state index contributed by atoms with van der Waals surface area (Å²) in [4.78, 5) is 43.1. The van der Waals surface area contributed by atoms with E-state index in [-0.39, 0.29) is 25.3 Å². The molecule has 0 fully saturated rings. The fourth-order valence-electron chi connectivity index (χ4n) is 4.22. The smallest absolute Gasteiger partial charge is 0.331 e. The normalized spacial score (nSPS) is 11.1. The molecule has 5 aromatic rings. The van der Waals surface area contributed by atoms with Crippen LogP contribution in [-0.4, -0.2) is 31.5 Å². The highest BCUT2D eigenvalue weighted by atomic mass is 16.5. The van der Waals surface area contributed by atoms with Gasteiger partial charge >= 0.3 is 5.69 Å². The molecule has 0 aliphatic rings. The summed E-state index contributed by atoms with van der Waals surface area (Å²) in [5.74, 6) is 0.503. The minimum Gasteiger partial charge on any atom is -0.493 e. The molecule has 10 heteroatoms. The molecule has 3 heterocycles. The van der Waals surface area contributed by atoms with Crippen LogP contribution in [0.1, 0.15) is 12.6 Å². The predicted octanol–water partition coefficient (Wildman–Crippen LogP) is 3.06. The molecule has 0 unspecified atom stereocenters. The molecule has 2 aromatic carbocycles. The number of fused-ring (bicyclic) bond motifs is 2. The second-order valence-electron chi connectivity index (χ2n) is 8.34. The van der Waals surface area contributed by atoms with Crippen molar-refractivity contribution in [3.8, 4) is 11.5 Å². The molecule has 10 nitrogen and oxygen atoms in total. The van der Waals surface area contributed by atoms with Crippen LogP contribution in [0.25, 0.3) is 16.6 Å². The Morgan fingerprint density at radius 2 is 1.81 bits per heavy atom. The molecular formula is C27H25N5O5. The summed E-state index contributed by atoms with van der Waals surface area (Å²) in [7, 11) is 1.53. The monoisotopic (exact) mass is 499 g/mol. The molecule has 0 atom stereocenters. The summed E-state index contributed by atoms with van der Waals surface area (Å²) >= 11 is 0. The molecule has 0 bridgehead atoms. The second kappa shape index (κ2) is 10.0. The lowest BCUT2D eigenvalue weighted by atomic mass is 10.2. The number of aromatic nitrogens is 4. The van der Waals surface area contributed by atoms with E-state index < -0.39 is 11.6 Å². The van der Waals surface area contributed by atoms with Gasteiger partial charge in [-0.15, -0.1) is 0 Å². The van der Waals surface area contributed by atoms with E-state index in [1.165, 1.54) is 11.7 Å². The van der Waals surface area contributed by atoms with E-state index in [9.17, 15) is 14.4 Å². The Bertz CT molecular complexity index is 1700. The fourth-order valence-corrected chi connectivity index (χ4v) is 4.22. The van der Waals surface area contributed by atoms with E-state index in [2.05, 4.69) is 10.3 Å². The van der Waals surface area contributed by atoms with E-state index in [0.717, 1.165) is 15.9 Å². The second-order valence-corrected chi connectivity index (χ2v) is 8.34. The van der Waals surface area contributed by atoms with Crippen LogP contribution in [-0.2, 0) is 24.5 Å². The molecule has 0 aliphatic carbocycles. The molecule has 0 aliphatic heterocycles. The average molecular weight is 500 g/mol. The molecule has 0 spiro atoms. The number of ether oxygens (including phenoxy) is 2. The number of carbonyl (C=O) groups is 1. The number of nitrogens with zero attached hydrogens (tertiary/aromatic N) is 4. The Morgan fingerprint density at radius 3 is 2.59 bits per heavy atom. The van der Waals surface area contributed by atoms with Crippen LogP contribution < -0.4 is 26.0 Å². The molecular weight excluding hydrogens is 474 g/mol. The summed E-state index contributed by atoms with van der Waals surface area (Å²) < 4.78 is 15.7. The van der Waals surface area contributed by atoms with Gasteiger partial charge in [0.15, 0.2) is 11.5 Å². The first-order chi connectivity index (χ1) is 18.0. The van der Waals surface area contributed by atoms with Crippen LogP contribution in [0.3, 0.4) is 0 Å². The Balaban J connectivity index is 1.37. The molecule has 37 heavy (non-hydrogen) atoms. The van der Waals surface area contributed by atoms with Crippen molar-refractivity contribution in [2.75, 3.05) is 12.4 Å². The zero-order valence-corrected chi connectivity index (χ0v) is 20.4. The van der Waals surface area contributed by atoms with Gasteiger partial charge in [-0.05, 0) is 43.3 Å². The molecule has 188 valence electrons. The molecule has 0 saturated carbocycles. The number of hydrogen-bond acceptors (Lipinski definition) is 6. The van der Waals surface area contributed by atoms with E-state index in [1.54, 1.807) is 49.4 Å². The third kappa shape index (κ3) is 4.68. The van der Waals surface area contributed by atoms with Crippen LogP contribution in [0.4, 0.5) is 5.69 Å². The zero-order chi connectivity index (χ0) is 25.9. The van der Waals surface area contributed by atoms with Crippen molar-refractivity contribution >= 4 is 28.1 Å². The maximum Gasteiger partial charge on any atom is 0.331 e. The van der Waals surface area contributed by atoms with E-state index in [4.69, 9.17) is 9.47 Å². The van der Waals surface area contributed by atoms with Gasteiger partial charge in [0, 0.05) is 30.7 Å². The number of amides is 1. The first-order valence-electron chi connectivity index (χ1n) is 11.7. The van der Waals surface area contributed by atoms with Crippen LogP contribution in [0.2, 0.25) is 0 Å². The van der Waals surface area contributed by atoms with Gasteiger partial charge in [-0.3, -0.25) is 18.7 Å². The lowest BCUT2D eigenvalue weighted by Gasteiger charge is -2.14. The summed E-state index contributed by atoms with van der Waals surface area (Å²) in [6, 6.07) is 17.5. The number of nitrogens with one attached hydrogen (secondary N) is 1. The Kier molecular flexibility index (Phi) is 6.46. The van der Waals surface area contributed by atoms with E-state index in [1.807, 2.05) is 35.0 Å². The van der Waals surface area contributed by atoms with Crippen molar-refractivity contribution in [1.82, 2.24) is 18.5 Å². The third-order valence-corrected chi connectivity index (χ3v) is 5.99. The third-order valence-electron chi connectivity index (χ3n) is 5.99. The maximum absolute atomic E-state index is 13.0. The van der Waals surface area contributed by atoms with Gasteiger partial charge in [-0.25, -0.2) is 9.78 Å². The number of anilines is 1. The summed E-state index contributed by atoms with van der Waals surface area (Å²) in [6.07, 6.45) is 3.79. The quantitative estimate of drug-likeness (QED) is 0.352. The number of hydrogen-bond donors (Lipinski definition) is 1. The summed E-state index contributed by atoms with van der Waals surface area (Å²) in [5, 5.41) is 3.18. The van der Waals surface area contributed by atoms with E-state index in [0.29, 0.717) is 28.1 Å². The lowest BCUT2D eigenvalue weighted by molar-refractivity contribution is -0.116. The molecule has 0 saturated heterocycles. The maximum atomic E-state index is 13.0. The van der Waals surface area contributed by atoms with Gasteiger partial charge < -0.3 is 19.2 Å². The minimum absolute atomic E-state index is 0.204. The first-order valence-corrected chi connectivity index (χ1v) is 11.7.